The largest absolute Gasteiger partial charge is 0.468 e. The minimum atomic E-state index is -0.388. The molecule has 150 valence electrons. The summed E-state index contributed by atoms with van der Waals surface area (Å²) < 4.78 is 4.79. The van der Waals surface area contributed by atoms with Gasteiger partial charge in [-0.25, -0.2) is 4.98 Å². The van der Waals surface area contributed by atoms with Gasteiger partial charge in [0, 0.05) is 24.4 Å². The third-order valence-corrected chi connectivity index (χ3v) is 5.89. The SMILES string of the molecule is COC(=O)CN(Cc1ccccc1)C(=O)C1CCN(Cc2csc(C)n2)CC1. The molecule has 0 atom stereocenters. The van der Waals surface area contributed by atoms with Gasteiger partial charge in [-0.1, -0.05) is 30.3 Å². The lowest BCUT2D eigenvalue weighted by Gasteiger charge is -2.33. The molecule has 0 saturated carbocycles. The van der Waals surface area contributed by atoms with Crippen molar-refractivity contribution in [3.8, 4) is 0 Å². The van der Waals surface area contributed by atoms with E-state index in [-0.39, 0.29) is 24.3 Å². The van der Waals surface area contributed by atoms with Crippen LogP contribution in [-0.2, 0) is 27.4 Å². The second-order valence-corrected chi connectivity index (χ2v) is 8.23. The van der Waals surface area contributed by atoms with Gasteiger partial charge in [-0.2, -0.15) is 0 Å². The van der Waals surface area contributed by atoms with E-state index in [1.807, 2.05) is 37.3 Å². The number of hydrogen-bond donors (Lipinski definition) is 0. The Kier molecular flexibility index (Phi) is 7.17. The number of carbonyl (C=O) groups is 2. The highest BCUT2D eigenvalue weighted by Crippen LogP contribution is 2.22. The van der Waals surface area contributed by atoms with Crippen molar-refractivity contribution in [3.63, 3.8) is 0 Å². The van der Waals surface area contributed by atoms with Gasteiger partial charge in [-0.15, -0.1) is 11.3 Å². The first kappa shape index (κ1) is 20.5. The van der Waals surface area contributed by atoms with Crippen molar-refractivity contribution in [3.05, 3.63) is 52.0 Å². The Bertz CT molecular complexity index is 785. The summed E-state index contributed by atoms with van der Waals surface area (Å²) in [6.45, 7) is 4.99. The number of piperidine rings is 1. The molecule has 1 aromatic carbocycles. The van der Waals surface area contributed by atoms with Crippen molar-refractivity contribution in [2.24, 2.45) is 5.92 Å². The molecule has 28 heavy (non-hydrogen) atoms. The van der Waals surface area contributed by atoms with Crippen molar-refractivity contribution in [2.75, 3.05) is 26.7 Å². The van der Waals surface area contributed by atoms with Crippen LogP contribution >= 0.6 is 11.3 Å². The molecular formula is C21H27N3O3S. The molecule has 1 aliphatic heterocycles. The fraction of sp³-hybridized carbons (Fsp3) is 0.476. The van der Waals surface area contributed by atoms with Crippen LogP contribution in [0.4, 0.5) is 0 Å². The normalized spacial score (nSPS) is 15.4. The van der Waals surface area contributed by atoms with Crippen LogP contribution in [-0.4, -0.2) is 53.4 Å². The van der Waals surface area contributed by atoms with Gasteiger partial charge < -0.3 is 9.64 Å². The van der Waals surface area contributed by atoms with E-state index in [0.29, 0.717) is 6.54 Å². The summed E-state index contributed by atoms with van der Waals surface area (Å²) in [7, 11) is 1.35. The van der Waals surface area contributed by atoms with E-state index < -0.39 is 0 Å². The monoisotopic (exact) mass is 401 g/mol. The molecule has 2 heterocycles. The molecule has 7 heteroatoms. The number of esters is 1. The molecule has 0 radical (unpaired) electrons. The van der Waals surface area contributed by atoms with Gasteiger partial charge in [0.25, 0.3) is 0 Å². The summed E-state index contributed by atoms with van der Waals surface area (Å²) >= 11 is 1.67. The number of aromatic nitrogens is 1. The maximum atomic E-state index is 13.1. The number of nitrogens with zero attached hydrogens (tertiary/aromatic N) is 3. The van der Waals surface area contributed by atoms with Gasteiger partial charge in [0.05, 0.1) is 17.8 Å². The van der Waals surface area contributed by atoms with E-state index in [2.05, 4.69) is 15.3 Å². The number of hydrogen-bond acceptors (Lipinski definition) is 6. The van der Waals surface area contributed by atoms with Crippen molar-refractivity contribution < 1.29 is 14.3 Å². The van der Waals surface area contributed by atoms with Gasteiger partial charge in [0.2, 0.25) is 5.91 Å². The van der Waals surface area contributed by atoms with Crippen molar-refractivity contribution in [1.29, 1.82) is 0 Å². The van der Waals surface area contributed by atoms with Gasteiger partial charge >= 0.3 is 5.97 Å². The first-order chi connectivity index (χ1) is 13.5. The lowest BCUT2D eigenvalue weighted by molar-refractivity contribution is -0.149. The van der Waals surface area contributed by atoms with E-state index in [4.69, 9.17) is 4.74 Å². The minimum absolute atomic E-state index is 0.0114. The molecule has 1 aliphatic rings. The van der Waals surface area contributed by atoms with Gasteiger partial charge in [0.1, 0.15) is 6.54 Å². The molecular weight excluding hydrogens is 374 g/mol. The molecule has 1 fully saturated rings. The highest BCUT2D eigenvalue weighted by atomic mass is 32.1. The molecule has 0 spiro atoms. The average molecular weight is 402 g/mol. The third kappa shape index (κ3) is 5.62. The summed E-state index contributed by atoms with van der Waals surface area (Å²) in [5, 5.41) is 3.18. The molecule has 3 rings (SSSR count). The topological polar surface area (TPSA) is 62.7 Å². The fourth-order valence-corrected chi connectivity index (χ4v) is 4.15. The Morgan fingerprint density at radius 2 is 1.96 bits per heavy atom. The van der Waals surface area contributed by atoms with Crippen molar-refractivity contribution in [2.45, 2.75) is 32.9 Å². The first-order valence-corrected chi connectivity index (χ1v) is 10.5. The maximum absolute atomic E-state index is 13.1. The molecule has 0 bridgehead atoms. The zero-order valence-corrected chi connectivity index (χ0v) is 17.3. The van der Waals surface area contributed by atoms with E-state index in [0.717, 1.165) is 48.7 Å². The summed E-state index contributed by atoms with van der Waals surface area (Å²) in [4.78, 5) is 33.4. The highest BCUT2D eigenvalue weighted by Gasteiger charge is 2.30. The Labute approximate surface area is 170 Å². The number of aryl methyl sites for hydroxylation is 1. The van der Waals surface area contributed by atoms with Crippen LogP contribution in [0.3, 0.4) is 0 Å². The zero-order valence-electron chi connectivity index (χ0n) is 16.5. The lowest BCUT2D eigenvalue weighted by Crippen LogP contribution is -2.44. The van der Waals surface area contributed by atoms with Crippen LogP contribution in [0.25, 0.3) is 0 Å². The van der Waals surface area contributed by atoms with E-state index in [1.54, 1.807) is 16.2 Å². The van der Waals surface area contributed by atoms with Gasteiger partial charge in [-0.3, -0.25) is 14.5 Å². The number of thiazole rings is 1. The highest BCUT2D eigenvalue weighted by molar-refractivity contribution is 7.09. The van der Waals surface area contributed by atoms with Crippen LogP contribution in [0.15, 0.2) is 35.7 Å². The number of amides is 1. The molecule has 1 saturated heterocycles. The maximum Gasteiger partial charge on any atom is 0.325 e. The van der Waals surface area contributed by atoms with E-state index in [1.165, 1.54) is 7.11 Å². The van der Waals surface area contributed by atoms with Crippen LogP contribution in [0.2, 0.25) is 0 Å². The Balaban J connectivity index is 1.58. The molecule has 0 aliphatic carbocycles. The van der Waals surface area contributed by atoms with Gasteiger partial charge in [-0.05, 0) is 38.4 Å². The average Bonchev–Trinajstić information content (AvgIpc) is 3.12. The van der Waals surface area contributed by atoms with Crippen molar-refractivity contribution >= 4 is 23.2 Å². The molecule has 0 N–H and O–H groups in total. The minimum Gasteiger partial charge on any atom is -0.468 e. The van der Waals surface area contributed by atoms with Crippen molar-refractivity contribution in [1.82, 2.24) is 14.8 Å². The number of benzene rings is 1. The quantitative estimate of drug-likeness (QED) is 0.668. The second kappa shape index (κ2) is 9.80. The van der Waals surface area contributed by atoms with Crippen LogP contribution in [0.1, 0.15) is 29.1 Å². The smallest absolute Gasteiger partial charge is 0.325 e. The molecule has 0 unspecified atom stereocenters. The molecule has 2 aromatic rings. The summed E-state index contributed by atoms with van der Waals surface area (Å²) in [6.07, 6.45) is 1.60. The number of carbonyl (C=O) groups excluding carboxylic acids is 2. The summed E-state index contributed by atoms with van der Waals surface area (Å²) in [5.41, 5.74) is 2.11. The first-order valence-electron chi connectivity index (χ1n) is 9.58. The fourth-order valence-electron chi connectivity index (χ4n) is 3.54. The van der Waals surface area contributed by atoms with Crippen LogP contribution in [0.5, 0.6) is 0 Å². The lowest BCUT2D eigenvalue weighted by atomic mass is 9.95. The summed E-state index contributed by atoms with van der Waals surface area (Å²) in [5.74, 6) is -0.402. The zero-order chi connectivity index (χ0) is 19.9. The molecule has 1 aromatic heterocycles. The molecule has 1 amide bonds. The Morgan fingerprint density at radius 3 is 2.57 bits per heavy atom. The standard InChI is InChI=1S/C21H27N3O3S/c1-16-22-19(15-28-16)13-23-10-8-18(9-11-23)21(26)24(14-20(25)27-2)12-17-6-4-3-5-7-17/h3-7,15,18H,8-14H2,1-2H3. The summed E-state index contributed by atoms with van der Waals surface area (Å²) in [6, 6.07) is 9.76. The Morgan fingerprint density at radius 1 is 1.25 bits per heavy atom. The second-order valence-electron chi connectivity index (χ2n) is 7.16. The third-order valence-electron chi connectivity index (χ3n) is 5.06. The molecule has 6 nitrogen and oxygen atoms in total. The number of methoxy groups -OCH3 is 1. The number of likely N-dealkylation sites (tertiary alicyclic amines) is 1. The van der Waals surface area contributed by atoms with Crippen LogP contribution in [0, 0.1) is 12.8 Å². The Hall–Kier alpha value is -2.25. The van der Waals surface area contributed by atoms with Gasteiger partial charge in [0.15, 0.2) is 0 Å². The van der Waals surface area contributed by atoms with E-state index >= 15 is 0 Å². The number of rotatable bonds is 7. The number of ether oxygens (including phenoxy) is 1. The van der Waals surface area contributed by atoms with Crippen LogP contribution < -0.4 is 0 Å². The van der Waals surface area contributed by atoms with E-state index in [9.17, 15) is 9.59 Å². The predicted molar refractivity (Wildman–Crippen MR) is 109 cm³/mol. The predicted octanol–water partition coefficient (Wildman–Crippen LogP) is 2.87.